The van der Waals surface area contributed by atoms with Crippen LogP contribution in [0.1, 0.15) is 64.2 Å². The van der Waals surface area contributed by atoms with E-state index < -0.39 is 0 Å². The van der Waals surface area contributed by atoms with Gasteiger partial charge in [0.1, 0.15) is 15.5 Å². The van der Waals surface area contributed by atoms with Crippen molar-refractivity contribution < 1.29 is 14.6 Å². The number of thiophene rings is 1. The maximum Gasteiger partial charge on any atom is 0.348 e. The first kappa shape index (κ1) is 17.8. The van der Waals surface area contributed by atoms with Gasteiger partial charge in [-0.15, -0.1) is 11.3 Å². The van der Waals surface area contributed by atoms with Gasteiger partial charge in [-0.2, -0.15) is 0 Å². The molecule has 4 saturated carbocycles. The summed E-state index contributed by atoms with van der Waals surface area (Å²) in [6.45, 7) is 0. The van der Waals surface area contributed by atoms with Crippen LogP contribution in [0.2, 0.25) is 0 Å². The summed E-state index contributed by atoms with van der Waals surface area (Å²) in [4.78, 5) is 13.7. The predicted octanol–water partition coefficient (Wildman–Crippen LogP) is 5.11. The normalized spacial score (nSPS) is 30.0. The van der Waals surface area contributed by atoms with E-state index in [4.69, 9.17) is 4.74 Å². The fourth-order valence-electron chi connectivity index (χ4n) is 6.30. The maximum absolute atomic E-state index is 12.6. The van der Waals surface area contributed by atoms with Gasteiger partial charge in [-0.05, 0) is 74.3 Å². The van der Waals surface area contributed by atoms with Crippen molar-refractivity contribution in [3.8, 4) is 17.6 Å². The van der Waals surface area contributed by atoms with E-state index in [1.807, 2.05) is 30.3 Å². The third-order valence-electron chi connectivity index (χ3n) is 6.92. The number of hydrogen-bond donors (Lipinski definition) is 1. The SMILES string of the molecule is COC(=O)c1sc(C#Cc2ccccc2)c(O)c1C12CC3CC(CC(C3)C1)C2. The van der Waals surface area contributed by atoms with Crippen LogP contribution in [0.15, 0.2) is 30.3 Å². The number of carbonyl (C=O) groups excluding carboxylic acids is 1. The molecule has 4 bridgehead atoms. The second kappa shape index (κ2) is 6.67. The Bertz CT molecular complexity index is 941. The van der Waals surface area contributed by atoms with Crippen LogP contribution in [0, 0.1) is 29.6 Å². The molecule has 4 aliphatic carbocycles. The van der Waals surface area contributed by atoms with Crippen LogP contribution in [0.3, 0.4) is 0 Å². The molecule has 0 amide bonds. The summed E-state index contributed by atoms with van der Waals surface area (Å²) in [5.41, 5.74) is 1.65. The number of ether oxygens (including phenoxy) is 1. The summed E-state index contributed by atoms with van der Waals surface area (Å²) in [5.74, 6) is 8.30. The average molecular weight is 393 g/mol. The Kier molecular flexibility index (Phi) is 4.25. The molecule has 1 heterocycles. The summed E-state index contributed by atoms with van der Waals surface area (Å²) in [6.07, 6.45) is 7.20. The Morgan fingerprint density at radius 2 is 1.68 bits per heavy atom. The van der Waals surface area contributed by atoms with E-state index >= 15 is 0 Å². The molecule has 0 atom stereocenters. The fourth-order valence-corrected chi connectivity index (χ4v) is 7.39. The number of hydrogen-bond acceptors (Lipinski definition) is 4. The molecular formula is C24H24O3S. The van der Waals surface area contributed by atoms with Crippen LogP contribution in [0.25, 0.3) is 0 Å². The number of rotatable bonds is 2. The lowest BCUT2D eigenvalue weighted by atomic mass is 9.48. The average Bonchev–Trinajstić information content (AvgIpc) is 3.02. The van der Waals surface area contributed by atoms with Gasteiger partial charge in [-0.1, -0.05) is 24.1 Å². The molecule has 3 nitrogen and oxygen atoms in total. The Morgan fingerprint density at radius 3 is 2.25 bits per heavy atom. The summed E-state index contributed by atoms with van der Waals surface area (Å²) in [6, 6.07) is 9.73. The lowest BCUT2D eigenvalue weighted by Gasteiger charge is -2.57. The fraction of sp³-hybridized carbons (Fsp3) is 0.458. The van der Waals surface area contributed by atoms with Crippen LogP contribution in [-0.4, -0.2) is 18.2 Å². The number of benzene rings is 1. The van der Waals surface area contributed by atoms with Crippen LogP contribution in [-0.2, 0) is 10.2 Å². The molecule has 0 aliphatic heterocycles. The standard InChI is InChI=1S/C24H24O3S/c1-27-23(26)22-20(24-12-16-9-17(13-24)11-18(10-16)14-24)21(25)19(28-22)8-7-15-5-3-2-4-6-15/h2-6,16-18,25H,9-14H2,1H3. The smallest absolute Gasteiger partial charge is 0.348 e. The van der Waals surface area contributed by atoms with Crippen LogP contribution < -0.4 is 0 Å². The first-order valence-corrected chi connectivity index (χ1v) is 10.9. The quantitative estimate of drug-likeness (QED) is 0.571. The Hall–Kier alpha value is -2.25. The van der Waals surface area contributed by atoms with E-state index in [0.29, 0.717) is 9.75 Å². The summed E-state index contributed by atoms with van der Waals surface area (Å²) < 4.78 is 5.08. The molecule has 0 spiro atoms. The van der Waals surface area contributed by atoms with Gasteiger partial charge in [-0.3, -0.25) is 0 Å². The van der Waals surface area contributed by atoms with E-state index in [0.717, 1.165) is 48.1 Å². The number of methoxy groups -OCH3 is 1. The number of carbonyl (C=O) groups is 1. The summed E-state index contributed by atoms with van der Waals surface area (Å²) >= 11 is 1.29. The minimum Gasteiger partial charge on any atom is -0.505 e. The molecule has 4 heteroatoms. The maximum atomic E-state index is 12.6. The molecule has 1 aromatic carbocycles. The zero-order valence-corrected chi connectivity index (χ0v) is 16.8. The summed E-state index contributed by atoms with van der Waals surface area (Å²) in [5, 5.41) is 11.2. The van der Waals surface area contributed by atoms with E-state index in [1.165, 1.54) is 37.7 Å². The van der Waals surface area contributed by atoms with Gasteiger partial charge < -0.3 is 9.84 Å². The highest BCUT2D eigenvalue weighted by molar-refractivity contribution is 7.15. The molecule has 4 aliphatic rings. The monoisotopic (exact) mass is 392 g/mol. The van der Waals surface area contributed by atoms with Crippen LogP contribution >= 0.6 is 11.3 Å². The molecule has 28 heavy (non-hydrogen) atoms. The van der Waals surface area contributed by atoms with Gasteiger partial charge in [-0.25, -0.2) is 4.79 Å². The Morgan fingerprint density at radius 1 is 1.07 bits per heavy atom. The van der Waals surface area contributed by atoms with Crippen molar-refractivity contribution in [2.24, 2.45) is 17.8 Å². The second-order valence-corrected chi connectivity index (χ2v) is 9.81. The summed E-state index contributed by atoms with van der Waals surface area (Å²) in [7, 11) is 1.41. The minimum absolute atomic E-state index is 0.0778. The van der Waals surface area contributed by atoms with Crippen molar-refractivity contribution in [2.75, 3.05) is 7.11 Å². The topological polar surface area (TPSA) is 46.5 Å². The van der Waals surface area contributed by atoms with Crippen LogP contribution in [0.5, 0.6) is 5.75 Å². The third-order valence-corrected chi connectivity index (χ3v) is 7.99. The van der Waals surface area contributed by atoms with Gasteiger partial charge in [0.05, 0.1) is 7.11 Å². The zero-order valence-electron chi connectivity index (χ0n) is 16.0. The van der Waals surface area contributed by atoms with Gasteiger partial charge in [0.2, 0.25) is 0 Å². The van der Waals surface area contributed by atoms with E-state index in [1.54, 1.807) is 0 Å². The van der Waals surface area contributed by atoms with Gasteiger partial charge in [0, 0.05) is 16.5 Å². The first-order chi connectivity index (χ1) is 13.6. The minimum atomic E-state index is -0.348. The predicted molar refractivity (Wildman–Crippen MR) is 110 cm³/mol. The molecular weight excluding hydrogens is 368 g/mol. The first-order valence-electron chi connectivity index (χ1n) is 10.1. The molecule has 1 N–H and O–H groups in total. The number of esters is 1. The second-order valence-electron chi connectivity index (χ2n) is 8.79. The van der Waals surface area contributed by atoms with E-state index in [-0.39, 0.29) is 17.1 Å². The Balaban J connectivity index is 1.61. The molecule has 2 aromatic rings. The van der Waals surface area contributed by atoms with Crippen molar-refractivity contribution in [2.45, 2.75) is 43.9 Å². The van der Waals surface area contributed by atoms with Gasteiger partial charge in [0.15, 0.2) is 0 Å². The highest BCUT2D eigenvalue weighted by Gasteiger charge is 2.54. The molecule has 1 aromatic heterocycles. The van der Waals surface area contributed by atoms with Gasteiger partial charge in [0.25, 0.3) is 0 Å². The third kappa shape index (κ3) is 2.84. The molecule has 0 radical (unpaired) electrons. The van der Waals surface area contributed by atoms with Crippen molar-refractivity contribution in [1.82, 2.24) is 0 Å². The Labute approximate surface area is 169 Å². The van der Waals surface area contributed by atoms with Crippen molar-refractivity contribution in [3.05, 3.63) is 51.2 Å². The van der Waals surface area contributed by atoms with Crippen LogP contribution in [0.4, 0.5) is 0 Å². The van der Waals surface area contributed by atoms with Crippen molar-refractivity contribution in [3.63, 3.8) is 0 Å². The molecule has 144 valence electrons. The lowest BCUT2D eigenvalue weighted by Crippen LogP contribution is -2.48. The number of aromatic hydroxyl groups is 1. The molecule has 0 saturated heterocycles. The van der Waals surface area contributed by atoms with Crippen molar-refractivity contribution >= 4 is 17.3 Å². The molecule has 0 unspecified atom stereocenters. The highest BCUT2D eigenvalue weighted by atomic mass is 32.1. The largest absolute Gasteiger partial charge is 0.505 e. The van der Waals surface area contributed by atoms with Crippen molar-refractivity contribution in [1.29, 1.82) is 0 Å². The zero-order chi connectivity index (χ0) is 19.3. The van der Waals surface area contributed by atoms with E-state index in [2.05, 4.69) is 11.8 Å². The molecule has 4 fully saturated rings. The van der Waals surface area contributed by atoms with E-state index in [9.17, 15) is 9.90 Å². The highest BCUT2D eigenvalue weighted by Crippen LogP contribution is 2.63. The molecule has 6 rings (SSSR count). The van der Waals surface area contributed by atoms with Gasteiger partial charge >= 0.3 is 5.97 Å². The lowest BCUT2D eigenvalue weighted by molar-refractivity contribution is -0.00660.